The predicted octanol–water partition coefficient (Wildman–Crippen LogP) is 4.39. The minimum atomic E-state index is -4.69. The van der Waals surface area contributed by atoms with Crippen LogP contribution in [0.15, 0.2) is 41.6 Å². The highest BCUT2D eigenvalue weighted by molar-refractivity contribution is 7.07. The van der Waals surface area contributed by atoms with Gasteiger partial charge >= 0.3 is 6.18 Å². The van der Waals surface area contributed by atoms with Gasteiger partial charge < -0.3 is 4.90 Å². The maximum Gasteiger partial charge on any atom is 0.420 e. The molecule has 0 radical (unpaired) electrons. The monoisotopic (exact) mass is 464 g/mol. The fourth-order valence-electron chi connectivity index (χ4n) is 3.44. The standard InChI is InChI=1S/C19H12ClF3N6OS/c20-16-15(18(30)28-2-1-10(6-28)14-8-31-9-24-14)27-17-13(19(21,22)23)3-11(7-29(16)17)12-4-25-26-5-12/h1,3-5,7-9H,2,6H2,(H,25,26). The van der Waals surface area contributed by atoms with Crippen LogP contribution in [0.1, 0.15) is 21.7 Å². The van der Waals surface area contributed by atoms with Crippen LogP contribution in [-0.2, 0) is 6.18 Å². The Bertz CT molecular complexity index is 1310. The number of hydrogen-bond acceptors (Lipinski definition) is 5. The maximum absolute atomic E-state index is 13.8. The van der Waals surface area contributed by atoms with Crippen molar-refractivity contribution in [2.75, 3.05) is 13.1 Å². The van der Waals surface area contributed by atoms with E-state index in [1.165, 1.54) is 34.8 Å². The van der Waals surface area contributed by atoms with Crippen LogP contribution < -0.4 is 0 Å². The summed E-state index contributed by atoms with van der Waals surface area (Å²) >= 11 is 7.79. The fraction of sp³-hybridized carbons (Fsp3) is 0.158. The number of nitrogens with zero attached hydrogens (tertiary/aromatic N) is 5. The first-order valence-electron chi connectivity index (χ1n) is 8.97. The van der Waals surface area contributed by atoms with Gasteiger partial charge in [-0.3, -0.25) is 14.3 Å². The summed E-state index contributed by atoms with van der Waals surface area (Å²) in [5, 5.41) is 8.02. The molecular formula is C19H12ClF3N6OS. The number of nitrogens with one attached hydrogen (secondary N) is 1. The lowest BCUT2D eigenvalue weighted by Crippen LogP contribution is -2.29. The molecule has 5 heterocycles. The lowest BCUT2D eigenvalue weighted by Gasteiger charge is -2.14. The quantitative estimate of drug-likeness (QED) is 0.487. The molecule has 1 amide bonds. The second-order valence-electron chi connectivity index (χ2n) is 6.86. The van der Waals surface area contributed by atoms with Gasteiger partial charge in [-0.05, 0) is 11.6 Å². The summed E-state index contributed by atoms with van der Waals surface area (Å²) in [5.41, 5.74) is 2.36. The van der Waals surface area contributed by atoms with Crippen molar-refractivity contribution in [3.05, 3.63) is 63.7 Å². The molecule has 1 aliphatic heterocycles. The lowest BCUT2D eigenvalue weighted by molar-refractivity contribution is -0.136. The van der Waals surface area contributed by atoms with Crippen LogP contribution in [0.3, 0.4) is 0 Å². The molecule has 7 nitrogen and oxygen atoms in total. The summed E-state index contributed by atoms with van der Waals surface area (Å²) in [7, 11) is 0. The molecule has 0 bridgehead atoms. The van der Waals surface area contributed by atoms with E-state index in [4.69, 9.17) is 11.6 Å². The summed E-state index contributed by atoms with van der Waals surface area (Å²) in [6.45, 7) is 0.571. The average Bonchev–Trinajstić information content (AvgIpc) is 3.53. The number of aromatic nitrogens is 5. The van der Waals surface area contributed by atoms with Gasteiger partial charge in [-0.25, -0.2) is 9.97 Å². The number of thiazole rings is 1. The third-order valence-corrected chi connectivity index (χ3v) is 5.92. The van der Waals surface area contributed by atoms with Gasteiger partial charge in [0.1, 0.15) is 5.15 Å². The first-order valence-corrected chi connectivity index (χ1v) is 10.3. The summed E-state index contributed by atoms with van der Waals surface area (Å²) < 4.78 is 42.4. The van der Waals surface area contributed by atoms with Crippen LogP contribution in [0.5, 0.6) is 0 Å². The second-order valence-corrected chi connectivity index (χ2v) is 7.94. The van der Waals surface area contributed by atoms with E-state index in [1.807, 2.05) is 11.5 Å². The topological polar surface area (TPSA) is 79.2 Å². The summed E-state index contributed by atoms with van der Waals surface area (Å²) in [6.07, 6.45) is 1.44. The highest BCUT2D eigenvalue weighted by Crippen LogP contribution is 2.37. The number of alkyl halides is 3. The smallest absolute Gasteiger partial charge is 0.329 e. The molecule has 5 rings (SSSR count). The molecule has 0 aromatic carbocycles. The largest absolute Gasteiger partial charge is 0.420 e. The number of halogens is 4. The van der Waals surface area contributed by atoms with Gasteiger partial charge in [0, 0.05) is 42.0 Å². The number of aromatic amines is 1. The third kappa shape index (κ3) is 3.39. The second kappa shape index (κ2) is 7.20. The molecule has 0 atom stereocenters. The third-order valence-electron chi connectivity index (χ3n) is 4.97. The SMILES string of the molecule is O=C(c1nc2c(C(F)(F)F)cc(-c3cn[nH]c3)cn2c1Cl)N1CC=C(c2cscn2)C1. The molecule has 158 valence electrons. The Balaban J connectivity index is 1.56. The maximum atomic E-state index is 13.8. The number of fused-ring (bicyclic) bond motifs is 1. The highest BCUT2D eigenvalue weighted by atomic mass is 35.5. The molecule has 31 heavy (non-hydrogen) atoms. The van der Waals surface area contributed by atoms with E-state index in [-0.39, 0.29) is 23.0 Å². The van der Waals surface area contributed by atoms with Crippen LogP contribution in [0.25, 0.3) is 22.3 Å². The molecule has 0 saturated carbocycles. The molecule has 4 aromatic heterocycles. The number of carbonyl (C=O) groups excluding carboxylic acids is 1. The van der Waals surface area contributed by atoms with Crippen molar-refractivity contribution in [3.63, 3.8) is 0 Å². The van der Waals surface area contributed by atoms with E-state index in [9.17, 15) is 18.0 Å². The van der Waals surface area contributed by atoms with Gasteiger partial charge in [0.2, 0.25) is 0 Å². The van der Waals surface area contributed by atoms with Crippen LogP contribution in [0.2, 0.25) is 5.15 Å². The summed E-state index contributed by atoms with van der Waals surface area (Å²) in [5.74, 6) is -0.548. The van der Waals surface area contributed by atoms with Crippen LogP contribution >= 0.6 is 22.9 Å². The van der Waals surface area contributed by atoms with Gasteiger partial charge in [-0.1, -0.05) is 17.7 Å². The van der Waals surface area contributed by atoms with Crippen molar-refractivity contribution in [2.24, 2.45) is 0 Å². The van der Waals surface area contributed by atoms with Crippen molar-refractivity contribution in [3.8, 4) is 11.1 Å². The Kier molecular flexibility index (Phi) is 4.59. The molecular weight excluding hydrogens is 453 g/mol. The van der Waals surface area contributed by atoms with Crippen molar-refractivity contribution >= 4 is 40.1 Å². The molecule has 0 fully saturated rings. The highest BCUT2D eigenvalue weighted by Gasteiger charge is 2.37. The van der Waals surface area contributed by atoms with Gasteiger partial charge in [-0.2, -0.15) is 18.3 Å². The zero-order valence-electron chi connectivity index (χ0n) is 15.5. The number of H-pyrrole nitrogens is 1. The predicted molar refractivity (Wildman–Crippen MR) is 109 cm³/mol. The van der Waals surface area contributed by atoms with Gasteiger partial charge in [0.25, 0.3) is 5.91 Å². The lowest BCUT2D eigenvalue weighted by atomic mass is 10.1. The van der Waals surface area contributed by atoms with Gasteiger partial charge in [0.05, 0.1) is 23.0 Å². The number of rotatable bonds is 3. The number of imidazole rings is 1. The van der Waals surface area contributed by atoms with Crippen molar-refractivity contribution in [1.29, 1.82) is 0 Å². The molecule has 0 unspecified atom stereocenters. The van der Waals surface area contributed by atoms with Crippen LogP contribution in [0, 0.1) is 0 Å². The fourth-order valence-corrected chi connectivity index (χ4v) is 4.27. The Morgan fingerprint density at radius 2 is 2.13 bits per heavy atom. The van der Waals surface area contributed by atoms with Crippen LogP contribution in [0.4, 0.5) is 13.2 Å². The van der Waals surface area contributed by atoms with E-state index in [2.05, 4.69) is 20.2 Å². The van der Waals surface area contributed by atoms with Gasteiger partial charge in [-0.15, -0.1) is 11.3 Å². The van der Waals surface area contributed by atoms with Crippen LogP contribution in [-0.4, -0.2) is 48.5 Å². The first kappa shape index (κ1) is 19.8. The number of hydrogen-bond donors (Lipinski definition) is 1. The number of carbonyl (C=O) groups is 1. The zero-order valence-corrected chi connectivity index (χ0v) is 17.1. The van der Waals surface area contributed by atoms with E-state index in [0.717, 1.165) is 21.7 Å². The summed E-state index contributed by atoms with van der Waals surface area (Å²) in [6, 6.07) is 0.968. The minimum absolute atomic E-state index is 0.182. The molecule has 1 aliphatic rings. The van der Waals surface area contributed by atoms with E-state index < -0.39 is 23.3 Å². The van der Waals surface area contributed by atoms with Crippen molar-refractivity contribution < 1.29 is 18.0 Å². The molecule has 12 heteroatoms. The Hall–Kier alpha value is -3.18. The van der Waals surface area contributed by atoms with E-state index >= 15 is 0 Å². The van der Waals surface area contributed by atoms with Crippen molar-refractivity contribution in [1.82, 2.24) is 29.5 Å². The Labute approximate surface area is 181 Å². The Morgan fingerprint density at radius 1 is 1.29 bits per heavy atom. The van der Waals surface area contributed by atoms with Gasteiger partial charge in [0.15, 0.2) is 11.3 Å². The average molecular weight is 465 g/mol. The zero-order chi connectivity index (χ0) is 21.8. The molecule has 0 aliphatic carbocycles. The Morgan fingerprint density at radius 3 is 2.81 bits per heavy atom. The van der Waals surface area contributed by atoms with E-state index in [0.29, 0.717) is 12.1 Å². The molecule has 4 aromatic rings. The normalized spacial score (nSPS) is 14.5. The number of pyridine rings is 1. The van der Waals surface area contributed by atoms with E-state index in [1.54, 1.807) is 5.51 Å². The molecule has 0 spiro atoms. The minimum Gasteiger partial charge on any atom is -0.329 e. The summed E-state index contributed by atoms with van der Waals surface area (Å²) in [4.78, 5) is 22.7. The molecule has 1 N–H and O–H groups in total. The number of amides is 1. The first-order chi connectivity index (χ1) is 14.8. The molecule has 0 saturated heterocycles. The van der Waals surface area contributed by atoms with Crippen molar-refractivity contribution in [2.45, 2.75) is 6.18 Å².